The number of hydrogen-bond donors (Lipinski definition) is 0. The van der Waals surface area contributed by atoms with Crippen molar-refractivity contribution in [2.45, 2.75) is 74.8 Å². The van der Waals surface area contributed by atoms with Crippen LogP contribution in [-0.4, -0.2) is 13.2 Å². The Morgan fingerprint density at radius 1 is 1.00 bits per heavy atom. The van der Waals surface area contributed by atoms with Crippen LogP contribution < -0.4 is 0 Å². The maximum absolute atomic E-state index is 4.75. The van der Waals surface area contributed by atoms with Crippen LogP contribution in [0.4, 0.5) is 0 Å². The van der Waals surface area contributed by atoms with Crippen molar-refractivity contribution in [3.63, 3.8) is 0 Å². The van der Waals surface area contributed by atoms with Crippen molar-refractivity contribution < 1.29 is 4.74 Å². The summed E-state index contributed by atoms with van der Waals surface area (Å²) < 4.78 is 4.75. The second-order valence-corrected chi connectivity index (χ2v) is 4.57. The van der Waals surface area contributed by atoms with Crippen LogP contribution in [0.25, 0.3) is 0 Å². The van der Waals surface area contributed by atoms with E-state index in [9.17, 15) is 0 Å². The van der Waals surface area contributed by atoms with E-state index in [1.54, 1.807) is 7.11 Å². The van der Waals surface area contributed by atoms with Gasteiger partial charge in [0, 0.05) is 7.11 Å². The van der Waals surface area contributed by atoms with Gasteiger partial charge in [-0.1, -0.05) is 61.0 Å². The van der Waals surface area contributed by atoms with Crippen LogP contribution in [0.2, 0.25) is 0 Å². The van der Waals surface area contributed by atoms with E-state index in [0.29, 0.717) is 12.0 Å². The molecule has 0 atom stereocenters. The monoisotopic (exact) mass is 246 g/mol. The zero-order valence-electron chi connectivity index (χ0n) is 14.1. The first-order valence-corrected chi connectivity index (χ1v) is 6.96. The molecule has 0 rings (SSSR count). The third kappa shape index (κ3) is 90.7. The van der Waals surface area contributed by atoms with Crippen LogP contribution in [0, 0.1) is 11.8 Å². The van der Waals surface area contributed by atoms with Crippen molar-refractivity contribution in [3.05, 3.63) is 12.7 Å². The molecule has 0 N–H and O–H groups in total. The molecule has 0 aliphatic rings. The highest BCUT2D eigenvalue weighted by atomic mass is 16.5. The zero-order valence-corrected chi connectivity index (χ0v) is 14.1. The summed E-state index contributed by atoms with van der Waals surface area (Å²) in [7, 11) is 1.70. The predicted octanol–water partition coefficient (Wildman–Crippen LogP) is 5.95. The molecule has 1 heteroatoms. The third-order valence-electron chi connectivity index (χ3n) is 1.76. The molecule has 0 aromatic rings. The van der Waals surface area contributed by atoms with Crippen LogP contribution >= 0.6 is 0 Å². The van der Waals surface area contributed by atoms with Gasteiger partial charge in [-0.25, -0.2) is 0 Å². The smallest absolute Gasteiger partial charge is 0.0515 e. The summed E-state index contributed by atoms with van der Waals surface area (Å²) in [6.45, 7) is 22.4. The molecule has 0 aliphatic heterocycles. The lowest BCUT2D eigenvalue weighted by molar-refractivity contribution is 0.134. The summed E-state index contributed by atoms with van der Waals surface area (Å²) >= 11 is 0. The van der Waals surface area contributed by atoms with Gasteiger partial charge in [-0.2, -0.15) is 0 Å². The van der Waals surface area contributed by atoms with Gasteiger partial charge in [-0.05, 0) is 25.7 Å². The first kappa shape index (κ1) is 25.5. The summed E-state index contributed by atoms with van der Waals surface area (Å²) in [5, 5.41) is 0. The molecule has 0 aromatic carbocycles. The van der Waals surface area contributed by atoms with Gasteiger partial charge in [0.05, 0.1) is 6.10 Å². The van der Waals surface area contributed by atoms with Crippen molar-refractivity contribution in [1.29, 1.82) is 0 Å². The average Bonchev–Trinajstić information content (AvgIpc) is 2.32. The first-order valence-electron chi connectivity index (χ1n) is 6.96. The Morgan fingerprint density at radius 2 is 1.18 bits per heavy atom. The fraction of sp³-hybridized carbons (Fsp3) is 0.875. The van der Waals surface area contributed by atoms with Crippen molar-refractivity contribution in [1.82, 2.24) is 0 Å². The van der Waals surface area contributed by atoms with Gasteiger partial charge in [0.2, 0.25) is 0 Å². The van der Waals surface area contributed by atoms with Gasteiger partial charge in [-0.15, -0.1) is 6.58 Å². The molecule has 0 aliphatic carbocycles. The molecule has 0 bridgehead atoms. The number of hydrogen-bond acceptors (Lipinski definition) is 1. The molecule has 0 aromatic heterocycles. The van der Waals surface area contributed by atoms with Crippen LogP contribution in [0.3, 0.4) is 0 Å². The number of methoxy groups -OCH3 is 1. The predicted molar refractivity (Wildman–Crippen MR) is 83.7 cm³/mol. The molecule has 0 amide bonds. The summed E-state index contributed by atoms with van der Waals surface area (Å²) in [6.07, 6.45) is 3.61. The van der Waals surface area contributed by atoms with Crippen LogP contribution in [-0.2, 0) is 4.74 Å². The van der Waals surface area contributed by atoms with E-state index in [2.05, 4.69) is 41.2 Å². The molecular weight excluding hydrogens is 208 g/mol. The fourth-order valence-corrected chi connectivity index (χ4v) is 0. The minimum absolute atomic E-state index is 0.384. The maximum atomic E-state index is 4.75. The van der Waals surface area contributed by atoms with Crippen molar-refractivity contribution in [2.75, 3.05) is 7.11 Å². The van der Waals surface area contributed by atoms with Gasteiger partial charge in [-0.3, -0.25) is 0 Å². The molecule has 0 fully saturated rings. The lowest BCUT2D eigenvalue weighted by atomic mass is 10.2. The summed E-state index contributed by atoms with van der Waals surface area (Å²) in [5.41, 5.74) is 0. The molecule has 0 spiro atoms. The minimum atomic E-state index is 0.384. The number of ether oxygens (including phenoxy) is 1. The van der Waals surface area contributed by atoms with Gasteiger partial charge in [0.15, 0.2) is 0 Å². The average molecular weight is 246 g/mol. The quantitative estimate of drug-likeness (QED) is 0.559. The Morgan fingerprint density at radius 3 is 1.18 bits per heavy atom. The largest absolute Gasteiger partial charge is 0.382 e. The third-order valence-corrected chi connectivity index (χ3v) is 1.76. The first-order chi connectivity index (χ1) is 7.81. The lowest BCUT2D eigenvalue weighted by Gasteiger charge is -1.94. The van der Waals surface area contributed by atoms with Gasteiger partial charge in [0.25, 0.3) is 0 Å². The molecule has 0 unspecified atom stereocenters. The van der Waals surface area contributed by atoms with Crippen LogP contribution in [0.15, 0.2) is 12.7 Å². The van der Waals surface area contributed by atoms with E-state index in [1.165, 1.54) is 6.42 Å². The molecule has 0 radical (unpaired) electrons. The second-order valence-electron chi connectivity index (χ2n) is 4.57. The minimum Gasteiger partial charge on any atom is -0.382 e. The standard InChI is InChI=1S/C5H12.C5H10.C4H10O.C2H6/c2*1-4-5(2)3;1-4(2)5-3;1-2/h5H,4H2,1-3H3;4-5H,1H2,2-3H3;4H,1-3H3;1-2H3. The van der Waals surface area contributed by atoms with E-state index in [-0.39, 0.29) is 0 Å². The summed E-state index contributed by atoms with van der Waals surface area (Å²) in [4.78, 5) is 0. The molecular formula is C16H38O. The van der Waals surface area contributed by atoms with Crippen LogP contribution in [0.1, 0.15) is 68.7 Å². The normalized spacial score (nSPS) is 8.53. The lowest BCUT2D eigenvalue weighted by Crippen LogP contribution is -1.94. The van der Waals surface area contributed by atoms with Gasteiger partial charge < -0.3 is 4.74 Å². The van der Waals surface area contributed by atoms with Crippen molar-refractivity contribution >= 4 is 0 Å². The Bertz CT molecular complexity index is 96.1. The van der Waals surface area contributed by atoms with Gasteiger partial charge >= 0.3 is 0 Å². The highest BCUT2D eigenvalue weighted by Gasteiger charge is 1.80. The van der Waals surface area contributed by atoms with E-state index in [1.807, 2.05) is 33.8 Å². The van der Waals surface area contributed by atoms with Crippen molar-refractivity contribution in [3.8, 4) is 0 Å². The Labute approximate surface area is 112 Å². The molecule has 108 valence electrons. The SMILES string of the molecule is C=CC(C)C.CC.CCC(C)C.COC(C)C. The maximum Gasteiger partial charge on any atom is 0.0515 e. The fourth-order valence-electron chi connectivity index (χ4n) is 0. The molecule has 0 saturated carbocycles. The number of allylic oxidation sites excluding steroid dienone is 1. The molecule has 1 nitrogen and oxygen atoms in total. The molecule has 17 heavy (non-hydrogen) atoms. The van der Waals surface area contributed by atoms with Crippen molar-refractivity contribution in [2.24, 2.45) is 11.8 Å². The highest BCUT2D eigenvalue weighted by molar-refractivity contribution is 4.69. The Hall–Kier alpha value is -0.300. The Kier molecular flexibility index (Phi) is 37.2. The number of rotatable bonds is 3. The Balaban J connectivity index is -0.0000000693. The summed E-state index contributed by atoms with van der Waals surface area (Å²) in [5.74, 6) is 1.53. The van der Waals surface area contributed by atoms with E-state index < -0.39 is 0 Å². The van der Waals surface area contributed by atoms with E-state index in [0.717, 1.165) is 5.92 Å². The second kappa shape index (κ2) is 24.8. The highest BCUT2D eigenvalue weighted by Crippen LogP contribution is 1.93. The zero-order chi connectivity index (χ0) is 14.9. The topological polar surface area (TPSA) is 9.23 Å². The molecule has 0 saturated heterocycles. The van der Waals surface area contributed by atoms with Crippen LogP contribution in [0.5, 0.6) is 0 Å². The van der Waals surface area contributed by atoms with Gasteiger partial charge in [0.1, 0.15) is 0 Å². The van der Waals surface area contributed by atoms with E-state index >= 15 is 0 Å². The molecule has 0 heterocycles. The van der Waals surface area contributed by atoms with E-state index in [4.69, 9.17) is 4.74 Å². The summed E-state index contributed by atoms with van der Waals surface area (Å²) in [6, 6.07) is 0.